The zero-order valence-electron chi connectivity index (χ0n) is 10.9. The lowest BCUT2D eigenvalue weighted by atomic mass is 9.87. The molecule has 2 atom stereocenters. The molecule has 2 unspecified atom stereocenters. The van der Waals surface area contributed by atoms with Gasteiger partial charge in [0.1, 0.15) is 0 Å². The van der Waals surface area contributed by atoms with Gasteiger partial charge in [0.2, 0.25) is 0 Å². The second kappa shape index (κ2) is 5.99. The molecule has 3 heteroatoms. The Kier molecular flexibility index (Phi) is 5.22. The summed E-state index contributed by atoms with van der Waals surface area (Å²) in [6.45, 7) is 9.76. The third-order valence-corrected chi connectivity index (χ3v) is 3.63. The first-order valence-corrected chi connectivity index (χ1v) is 6.44. The summed E-state index contributed by atoms with van der Waals surface area (Å²) in [6, 6.07) is 0. The first-order chi connectivity index (χ1) is 7.43. The molecule has 1 fully saturated rings. The number of likely N-dealkylation sites (tertiary alicyclic amines) is 1. The fraction of sp³-hybridized carbons (Fsp3) is 1.00. The highest BCUT2D eigenvalue weighted by molar-refractivity contribution is 4.78. The van der Waals surface area contributed by atoms with Crippen molar-refractivity contribution in [3.8, 4) is 0 Å². The predicted molar refractivity (Wildman–Crippen MR) is 66.3 cm³/mol. The summed E-state index contributed by atoms with van der Waals surface area (Å²) in [5, 5.41) is 18.8. The molecule has 1 aliphatic heterocycles. The van der Waals surface area contributed by atoms with Crippen molar-refractivity contribution in [3.63, 3.8) is 0 Å². The van der Waals surface area contributed by atoms with Gasteiger partial charge in [0.15, 0.2) is 0 Å². The Bertz CT molecular complexity index is 201. The van der Waals surface area contributed by atoms with Crippen molar-refractivity contribution in [2.75, 3.05) is 26.2 Å². The van der Waals surface area contributed by atoms with Crippen LogP contribution in [0.15, 0.2) is 0 Å². The van der Waals surface area contributed by atoms with Crippen molar-refractivity contribution in [1.29, 1.82) is 0 Å². The smallest absolute Gasteiger partial charge is 0.0600 e. The lowest BCUT2D eigenvalue weighted by Gasteiger charge is -2.27. The van der Waals surface area contributed by atoms with Crippen LogP contribution in [0.25, 0.3) is 0 Å². The second-order valence-corrected chi connectivity index (χ2v) is 6.14. The summed E-state index contributed by atoms with van der Waals surface area (Å²) >= 11 is 0. The highest BCUT2D eigenvalue weighted by Crippen LogP contribution is 2.24. The number of aliphatic hydroxyl groups excluding tert-OH is 2. The minimum absolute atomic E-state index is 0.00970. The third kappa shape index (κ3) is 4.40. The van der Waals surface area contributed by atoms with Crippen molar-refractivity contribution in [1.82, 2.24) is 4.90 Å². The van der Waals surface area contributed by atoms with Crippen molar-refractivity contribution in [2.45, 2.75) is 46.1 Å². The first kappa shape index (κ1) is 13.9. The van der Waals surface area contributed by atoms with E-state index in [0.29, 0.717) is 12.5 Å². The minimum atomic E-state index is -0.218. The van der Waals surface area contributed by atoms with E-state index < -0.39 is 0 Å². The standard InChI is InChI=1S/C13H27NO2/c1-13(2,3)12(16)5-8-14-7-4-11(10-14)6-9-15/h11-12,15-16H,4-10H2,1-3H3. The SMILES string of the molecule is CC(C)(C)C(O)CCN1CCC(CCO)C1. The van der Waals surface area contributed by atoms with Crippen LogP contribution in [0.5, 0.6) is 0 Å². The third-order valence-electron chi connectivity index (χ3n) is 3.63. The Labute approximate surface area is 99.5 Å². The van der Waals surface area contributed by atoms with E-state index in [1.54, 1.807) is 0 Å². The molecule has 0 radical (unpaired) electrons. The Morgan fingerprint density at radius 3 is 2.62 bits per heavy atom. The zero-order chi connectivity index (χ0) is 12.2. The minimum Gasteiger partial charge on any atom is -0.396 e. The fourth-order valence-electron chi connectivity index (χ4n) is 2.27. The molecule has 0 bridgehead atoms. The van der Waals surface area contributed by atoms with Gasteiger partial charge in [-0.1, -0.05) is 20.8 Å². The van der Waals surface area contributed by atoms with E-state index in [-0.39, 0.29) is 11.5 Å². The first-order valence-electron chi connectivity index (χ1n) is 6.44. The van der Waals surface area contributed by atoms with Gasteiger partial charge in [0.05, 0.1) is 6.10 Å². The molecule has 1 aliphatic rings. The van der Waals surface area contributed by atoms with Gasteiger partial charge in [-0.15, -0.1) is 0 Å². The number of nitrogens with zero attached hydrogens (tertiary/aromatic N) is 1. The van der Waals surface area contributed by atoms with Crippen LogP contribution in [0, 0.1) is 11.3 Å². The summed E-state index contributed by atoms with van der Waals surface area (Å²) in [7, 11) is 0. The lowest BCUT2D eigenvalue weighted by molar-refractivity contribution is 0.0473. The number of hydrogen-bond acceptors (Lipinski definition) is 3. The van der Waals surface area contributed by atoms with Gasteiger partial charge in [-0.3, -0.25) is 0 Å². The molecule has 3 nitrogen and oxygen atoms in total. The van der Waals surface area contributed by atoms with Gasteiger partial charge in [-0.25, -0.2) is 0 Å². The van der Waals surface area contributed by atoms with Crippen LogP contribution >= 0.6 is 0 Å². The molecule has 1 saturated heterocycles. The van der Waals surface area contributed by atoms with E-state index in [0.717, 1.165) is 32.5 Å². The molecule has 0 aromatic carbocycles. The Hall–Kier alpha value is -0.120. The molecule has 1 rings (SSSR count). The molecular weight excluding hydrogens is 202 g/mol. The summed E-state index contributed by atoms with van der Waals surface area (Å²) in [6.07, 6.45) is 2.77. The largest absolute Gasteiger partial charge is 0.396 e. The summed E-state index contributed by atoms with van der Waals surface area (Å²) in [5.74, 6) is 0.664. The molecular formula is C13H27NO2. The van der Waals surface area contributed by atoms with Crippen LogP contribution in [0.2, 0.25) is 0 Å². The summed E-state index contributed by atoms with van der Waals surface area (Å²) < 4.78 is 0. The van der Waals surface area contributed by atoms with E-state index in [4.69, 9.17) is 5.11 Å². The fourth-order valence-corrected chi connectivity index (χ4v) is 2.27. The molecule has 0 aromatic rings. The van der Waals surface area contributed by atoms with Gasteiger partial charge < -0.3 is 15.1 Å². The number of aliphatic hydroxyl groups is 2. The second-order valence-electron chi connectivity index (χ2n) is 6.14. The van der Waals surface area contributed by atoms with E-state index in [2.05, 4.69) is 25.7 Å². The van der Waals surface area contributed by atoms with E-state index in [1.807, 2.05) is 0 Å². The molecule has 2 N–H and O–H groups in total. The van der Waals surface area contributed by atoms with Gasteiger partial charge in [0.25, 0.3) is 0 Å². The highest BCUT2D eigenvalue weighted by atomic mass is 16.3. The molecule has 96 valence electrons. The zero-order valence-corrected chi connectivity index (χ0v) is 10.9. The molecule has 0 spiro atoms. The molecule has 1 heterocycles. The van der Waals surface area contributed by atoms with Crippen LogP contribution in [0.4, 0.5) is 0 Å². The van der Waals surface area contributed by atoms with Crippen LogP contribution in [0.1, 0.15) is 40.0 Å². The Balaban J connectivity index is 2.20. The van der Waals surface area contributed by atoms with Gasteiger partial charge in [0, 0.05) is 19.7 Å². The molecule has 0 amide bonds. The maximum absolute atomic E-state index is 9.95. The Morgan fingerprint density at radius 1 is 1.38 bits per heavy atom. The van der Waals surface area contributed by atoms with E-state index in [9.17, 15) is 5.11 Å². The average molecular weight is 229 g/mol. The lowest BCUT2D eigenvalue weighted by Crippen LogP contribution is -2.31. The van der Waals surface area contributed by atoms with Crippen LogP contribution in [-0.4, -0.2) is 47.5 Å². The van der Waals surface area contributed by atoms with Crippen LogP contribution in [0.3, 0.4) is 0 Å². The van der Waals surface area contributed by atoms with Gasteiger partial charge in [-0.2, -0.15) is 0 Å². The number of hydrogen-bond donors (Lipinski definition) is 2. The average Bonchev–Trinajstić information content (AvgIpc) is 2.61. The quantitative estimate of drug-likeness (QED) is 0.750. The maximum atomic E-state index is 9.95. The predicted octanol–water partition coefficient (Wildman–Crippen LogP) is 1.49. The van der Waals surface area contributed by atoms with Gasteiger partial charge >= 0.3 is 0 Å². The summed E-state index contributed by atoms with van der Waals surface area (Å²) in [5.41, 5.74) is -0.00970. The van der Waals surface area contributed by atoms with Crippen LogP contribution in [-0.2, 0) is 0 Å². The molecule has 0 saturated carbocycles. The Morgan fingerprint density at radius 2 is 2.06 bits per heavy atom. The monoisotopic (exact) mass is 229 g/mol. The van der Waals surface area contributed by atoms with Crippen LogP contribution < -0.4 is 0 Å². The van der Waals surface area contributed by atoms with Gasteiger partial charge in [-0.05, 0) is 37.1 Å². The maximum Gasteiger partial charge on any atom is 0.0600 e. The highest BCUT2D eigenvalue weighted by Gasteiger charge is 2.25. The topological polar surface area (TPSA) is 43.7 Å². The van der Waals surface area contributed by atoms with Crippen molar-refractivity contribution in [3.05, 3.63) is 0 Å². The molecule has 16 heavy (non-hydrogen) atoms. The van der Waals surface area contributed by atoms with Crippen molar-refractivity contribution in [2.24, 2.45) is 11.3 Å². The summed E-state index contributed by atoms with van der Waals surface area (Å²) in [4.78, 5) is 2.41. The van der Waals surface area contributed by atoms with E-state index >= 15 is 0 Å². The van der Waals surface area contributed by atoms with Crippen molar-refractivity contribution >= 4 is 0 Å². The molecule has 0 aromatic heterocycles. The van der Waals surface area contributed by atoms with Crippen molar-refractivity contribution < 1.29 is 10.2 Å². The normalized spacial score (nSPS) is 24.9. The number of rotatable bonds is 5. The molecule has 0 aliphatic carbocycles. The van der Waals surface area contributed by atoms with E-state index in [1.165, 1.54) is 6.42 Å².